The number of rotatable bonds is 2. The van der Waals surface area contributed by atoms with E-state index in [1.807, 2.05) is 42.5 Å². The Labute approximate surface area is 146 Å². The van der Waals surface area contributed by atoms with Gasteiger partial charge in [0.15, 0.2) is 0 Å². The van der Waals surface area contributed by atoms with Crippen molar-refractivity contribution in [3.05, 3.63) is 95.6 Å². The average molecular weight is 324 g/mol. The van der Waals surface area contributed by atoms with Crippen molar-refractivity contribution in [1.82, 2.24) is 5.01 Å². The number of fused-ring (bicyclic) bond motifs is 3. The molecule has 2 aliphatic heterocycles. The average Bonchev–Trinajstić information content (AvgIpc) is 3.23. The fraction of sp³-hybridized carbons (Fsp3) is 0.0909. The molecule has 5 rings (SSSR count). The minimum Gasteiger partial charge on any atom is -0.267 e. The van der Waals surface area contributed by atoms with Gasteiger partial charge in [-0.15, -0.1) is 0 Å². The Balaban J connectivity index is 1.45. The molecular weight excluding hydrogens is 308 g/mol. The molecule has 0 aromatic heterocycles. The Kier molecular flexibility index (Phi) is 3.07. The van der Waals surface area contributed by atoms with Crippen molar-refractivity contribution >= 4 is 11.6 Å². The van der Waals surface area contributed by atoms with Gasteiger partial charge in [-0.3, -0.25) is 4.79 Å². The van der Waals surface area contributed by atoms with E-state index in [0.717, 1.165) is 28.8 Å². The number of hydrogen-bond donors (Lipinski definition) is 0. The summed E-state index contributed by atoms with van der Waals surface area (Å²) in [7, 11) is 0. The van der Waals surface area contributed by atoms with Crippen LogP contribution in [0.25, 0.3) is 11.1 Å². The van der Waals surface area contributed by atoms with Crippen LogP contribution in [0.1, 0.15) is 33.9 Å². The van der Waals surface area contributed by atoms with E-state index in [-0.39, 0.29) is 11.9 Å². The SMILES string of the molecule is O=C1c2ccccc2[C@H]2CC(c3ccc(-c4ccccc4)cc3)=NN12. The van der Waals surface area contributed by atoms with Gasteiger partial charge >= 0.3 is 0 Å². The molecule has 1 atom stereocenters. The molecule has 0 saturated heterocycles. The highest BCUT2D eigenvalue weighted by Crippen LogP contribution is 2.41. The fourth-order valence-electron chi connectivity index (χ4n) is 3.71. The molecule has 0 spiro atoms. The predicted octanol–water partition coefficient (Wildman–Crippen LogP) is 4.66. The summed E-state index contributed by atoms with van der Waals surface area (Å²) in [6, 6.07) is 26.6. The second kappa shape index (κ2) is 5.42. The second-order valence-electron chi connectivity index (χ2n) is 6.45. The van der Waals surface area contributed by atoms with Gasteiger partial charge in [-0.2, -0.15) is 5.10 Å². The fourth-order valence-corrected chi connectivity index (χ4v) is 3.71. The van der Waals surface area contributed by atoms with E-state index in [1.54, 1.807) is 5.01 Å². The van der Waals surface area contributed by atoms with Crippen LogP contribution in [0.2, 0.25) is 0 Å². The predicted molar refractivity (Wildman–Crippen MR) is 98.4 cm³/mol. The summed E-state index contributed by atoms with van der Waals surface area (Å²) in [5.74, 6) is 0.0107. The van der Waals surface area contributed by atoms with E-state index >= 15 is 0 Å². The van der Waals surface area contributed by atoms with E-state index in [2.05, 4.69) is 41.5 Å². The molecule has 3 nitrogen and oxygen atoms in total. The van der Waals surface area contributed by atoms with Crippen LogP contribution >= 0.6 is 0 Å². The van der Waals surface area contributed by atoms with Crippen LogP contribution in [-0.4, -0.2) is 16.6 Å². The maximum Gasteiger partial charge on any atom is 0.274 e. The molecule has 0 unspecified atom stereocenters. The molecule has 2 aliphatic rings. The molecular formula is C22H16N2O. The third kappa shape index (κ3) is 2.20. The van der Waals surface area contributed by atoms with Gasteiger partial charge in [0, 0.05) is 12.0 Å². The number of amides is 1. The minimum atomic E-state index is 0.0107. The first kappa shape index (κ1) is 14.2. The summed E-state index contributed by atoms with van der Waals surface area (Å²) in [6.45, 7) is 0. The number of carbonyl (C=O) groups excluding carboxylic acids is 1. The lowest BCUT2D eigenvalue weighted by atomic mass is 9.96. The van der Waals surface area contributed by atoms with Crippen molar-refractivity contribution in [3.63, 3.8) is 0 Å². The first-order valence-electron chi connectivity index (χ1n) is 8.47. The van der Waals surface area contributed by atoms with Gasteiger partial charge in [0.05, 0.1) is 11.8 Å². The molecule has 0 radical (unpaired) electrons. The highest BCUT2D eigenvalue weighted by Gasteiger charge is 2.41. The maximum absolute atomic E-state index is 12.5. The van der Waals surface area contributed by atoms with Gasteiger partial charge in [-0.25, -0.2) is 5.01 Å². The lowest BCUT2D eigenvalue weighted by molar-refractivity contribution is 0.0756. The third-order valence-corrected chi connectivity index (χ3v) is 4.99. The summed E-state index contributed by atoms with van der Waals surface area (Å²) >= 11 is 0. The van der Waals surface area contributed by atoms with Crippen molar-refractivity contribution < 1.29 is 4.79 Å². The van der Waals surface area contributed by atoms with Gasteiger partial charge in [-0.1, -0.05) is 72.8 Å². The highest BCUT2D eigenvalue weighted by atomic mass is 16.2. The van der Waals surface area contributed by atoms with E-state index < -0.39 is 0 Å². The zero-order valence-corrected chi connectivity index (χ0v) is 13.6. The van der Waals surface area contributed by atoms with Crippen LogP contribution in [0.3, 0.4) is 0 Å². The Hall–Kier alpha value is -3.20. The Morgan fingerprint density at radius 1 is 0.760 bits per heavy atom. The minimum absolute atomic E-state index is 0.0107. The third-order valence-electron chi connectivity index (χ3n) is 4.99. The van der Waals surface area contributed by atoms with Crippen LogP contribution in [0.15, 0.2) is 84.0 Å². The van der Waals surface area contributed by atoms with Gasteiger partial charge in [0.25, 0.3) is 5.91 Å². The lowest BCUT2D eigenvalue weighted by Crippen LogP contribution is -2.17. The first-order valence-corrected chi connectivity index (χ1v) is 8.47. The van der Waals surface area contributed by atoms with E-state index in [9.17, 15) is 4.79 Å². The molecule has 0 bridgehead atoms. The van der Waals surface area contributed by atoms with Gasteiger partial charge < -0.3 is 0 Å². The van der Waals surface area contributed by atoms with Crippen LogP contribution < -0.4 is 0 Å². The van der Waals surface area contributed by atoms with E-state index in [1.165, 1.54) is 11.1 Å². The molecule has 3 heteroatoms. The number of hydrogen-bond acceptors (Lipinski definition) is 2. The Morgan fingerprint density at radius 3 is 2.20 bits per heavy atom. The van der Waals surface area contributed by atoms with Crippen molar-refractivity contribution in [2.45, 2.75) is 12.5 Å². The summed E-state index contributed by atoms with van der Waals surface area (Å²) in [6.07, 6.45) is 0.771. The van der Waals surface area contributed by atoms with Gasteiger partial charge in [0.1, 0.15) is 0 Å². The van der Waals surface area contributed by atoms with Crippen molar-refractivity contribution in [1.29, 1.82) is 0 Å². The molecule has 3 aromatic rings. The van der Waals surface area contributed by atoms with Crippen LogP contribution in [0.5, 0.6) is 0 Å². The molecule has 1 amide bonds. The standard InChI is InChI=1S/C22H16N2O/c25-22-19-9-5-4-8-18(19)21-14-20(23-24(21)22)17-12-10-16(11-13-17)15-6-2-1-3-7-15/h1-13,21H,14H2/t21-/m1/s1. The van der Waals surface area contributed by atoms with Crippen molar-refractivity contribution in [2.75, 3.05) is 0 Å². The highest BCUT2D eigenvalue weighted by molar-refractivity contribution is 6.07. The normalized spacial score (nSPS) is 18.1. The monoisotopic (exact) mass is 324 g/mol. The van der Waals surface area contributed by atoms with E-state index in [0.29, 0.717) is 0 Å². The Morgan fingerprint density at radius 2 is 1.40 bits per heavy atom. The van der Waals surface area contributed by atoms with E-state index in [4.69, 9.17) is 0 Å². The summed E-state index contributed by atoms with van der Waals surface area (Å²) < 4.78 is 0. The quantitative estimate of drug-likeness (QED) is 0.675. The summed E-state index contributed by atoms with van der Waals surface area (Å²) in [5, 5.41) is 6.26. The zero-order valence-electron chi connectivity index (χ0n) is 13.6. The molecule has 0 saturated carbocycles. The molecule has 25 heavy (non-hydrogen) atoms. The van der Waals surface area contributed by atoms with Crippen molar-refractivity contribution in [2.24, 2.45) is 5.10 Å². The number of carbonyl (C=O) groups is 1. The number of benzene rings is 3. The van der Waals surface area contributed by atoms with Gasteiger partial charge in [-0.05, 0) is 28.3 Å². The topological polar surface area (TPSA) is 32.7 Å². The van der Waals surface area contributed by atoms with Crippen LogP contribution in [0, 0.1) is 0 Å². The summed E-state index contributed by atoms with van der Waals surface area (Å²) in [5.41, 5.74) is 6.32. The van der Waals surface area contributed by atoms with Gasteiger partial charge in [0.2, 0.25) is 0 Å². The maximum atomic E-state index is 12.5. The Bertz CT molecular complexity index is 990. The first-order chi connectivity index (χ1) is 12.3. The number of nitrogens with zero attached hydrogens (tertiary/aromatic N) is 2. The molecule has 3 aromatic carbocycles. The van der Waals surface area contributed by atoms with Crippen LogP contribution in [0.4, 0.5) is 0 Å². The molecule has 0 N–H and O–H groups in total. The smallest absolute Gasteiger partial charge is 0.267 e. The molecule has 0 aliphatic carbocycles. The van der Waals surface area contributed by atoms with Crippen molar-refractivity contribution in [3.8, 4) is 11.1 Å². The molecule has 0 fully saturated rings. The lowest BCUT2D eigenvalue weighted by Gasteiger charge is -2.10. The number of hydrazone groups is 1. The molecule has 120 valence electrons. The largest absolute Gasteiger partial charge is 0.274 e. The second-order valence-corrected chi connectivity index (χ2v) is 6.45. The molecule has 2 heterocycles. The van der Waals surface area contributed by atoms with Crippen LogP contribution in [-0.2, 0) is 0 Å². The summed E-state index contributed by atoms with van der Waals surface area (Å²) in [4.78, 5) is 12.5. The zero-order chi connectivity index (χ0) is 16.8.